The van der Waals surface area contributed by atoms with Crippen molar-refractivity contribution in [1.82, 2.24) is 0 Å². The summed E-state index contributed by atoms with van der Waals surface area (Å²) in [6.07, 6.45) is 1.06. The quantitative estimate of drug-likeness (QED) is 0.695. The van der Waals surface area contributed by atoms with E-state index in [0.29, 0.717) is 12.5 Å². The molecule has 0 fully saturated rings. The molecular formula is C14H22N2O2. The smallest absolute Gasteiger partial charge is 0.305 e. The van der Waals surface area contributed by atoms with Gasteiger partial charge >= 0.3 is 5.97 Å². The van der Waals surface area contributed by atoms with Gasteiger partial charge in [0.05, 0.1) is 6.42 Å². The average molecular weight is 250 g/mol. The molecule has 0 aliphatic heterocycles. The number of hydrogen-bond donors (Lipinski definition) is 3. The third kappa shape index (κ3) is 5.19. The fraction of sp³-hybridized carbons (Fsp3) is 0.500. The molecule has 4 N–H and O–H groups in total. The molecule has 1 atom stereocenters. The van der Waals surface area contributed by atoms with E-state index in [9.17, 15) is 4.79 Å². The summed E-state index contributed by atoms with van der Waals surface area (Å²) in [6, 6.07) is 7.90. The molecule has 0 amide bonds. The van der Waals surface area contributed by atoms with Gasteiger partial charge in [-0.1, -0.05) is 26.0 Å². The number of benzene rings is 1. The lowest BCUT2D eigenvalue weighted by atomic mass is 9.97. The van der Waals surface area contributed by atoms with Crippen LogP contribution in [0.15, 0.2) is 24.3 Å². The number of rotatable bonds is 7. The second kappa shape index (κ2) is 7.01. The fourth-order valence-corrected chi connectivity index (χ4v) is 1.84. The zero-order valence-electron chi connectivity index (χ0n) is 11.0. The minimum absolute atomic E-state index is 0.0335. The zero-order chi connectivity index (χ0) is 13.5. The van der Waals surface area contributed by atoms with E-state index in [0.717, 1.165) is 17.7 Å². The second-order valence-corrected chi connectivity index (χ2v) is 4.93. The van der Waals surface area contributed by atoms with Crippen molar-refractivity contribution < 1.29 is 9.90 Å². The topological polar surface area (TPSA) is 75.3 Å². The number of nitrogens with two attached hydrogens (primary N) is 1. The predicted molar refractivity (Wildman–Crippen MR) is 73.6 cm³/mol. The molecular weight excluding hydrogens is 228 g/mol. The first-order valence-electron chi connectivity index (χ1n) is 6.30. The van der Waals surface area contributed by atoms with Crippen LogP contribution < -0.4 is 11.1 Å². The Morgan fingerprint density at radius 1 is 1.44 bits per heavy atom. The van der Waals surface area contributed by atoms with Crippen LogP contribution in [0.2, 0.25) is 0 Å². The van der Waals surface area contributed by atoms with E-state index in [2.05, 4.69) is 19.2 Å². The Labute approximate surface area is 108 Å². The van der Waals surface area contributed by atoms with Crippen molar-refractivity contribution in [2.45, 2.75) is 32.7 Å². The van der Waals surface area contributed by atoms with Gasteiger partial charge < -0.3 is 16.2 Å². The third-order valence-electron chi connectivity index (χ3n) is 2.71. The van der Waals surface area contributed by atoms with Crippen LogP contribution in [0.4, 0.5) is 5.69 Å². The molecule has 0 aliphatic carbocycles. The molecule has 1 rings (SSSR count). The maximum absolute atomic E-state index is 10.4. The predicted octanol–water partition coefficient (Wildman–Crippen LogP) is 2.62. The van der Waals surface area contributed by atoms with Gasteiger partial charge in [0.25, 0.3) is 0 Å². The van der Waals surface area contributed by atoms with Gasteiger partial charge in [-0.25, -0.2) is 0 Å². The van der Waals surface area contributed by atoms with E-state index in [4.69, 9.17) is 10.8 Å². The normalized spacial score (nSPS) is 12.4. The molecule has 4 heteroatoms. The molecule has 0 radical (unpaired) electrons. The van der Waals surface area contributed by atoms with Crippen LogP contribution in [-0.4, -0.2) is 17.6 Å². The van der Waals surface area contributed by atoms with Crippen molar-refractivity contribution in [2.75, 3.05) is 11.9 Å². The lowest BCUT2D eigenvalue weighted by Crippen LogP contribution is -2.13. The monoisotopic (exact) mass is 250 g/mol. The number of carbonyl (C=O) groups is 1. The molecule has 0 spiro atoms. The Kier molecular flexibility index (Phi) is 5.65. The highest BCUT2D eigenvalue weighted by molar-refractivity contribution is 5.67. The van der Waals surface area contributed by atoms with Crippen LogP contribution in [0.25, 0.3) is 0 Å². The number of carboxylic acid groups (broad SMARTS) is 1. The number of nitrogens with one attached hydrogen (secondary N) is 1. The Balaban J connectivity index is 2.58. The number of anilines is 1. The summed E-state index contributed by atoms with van der Waals surface area (Å²) in [5.74, 6) is -0.237. The molecule has 1 aromatic carbocycles. The van der Waals surface area contributed by atoms with Gasteiger partial charge in [-0.15, -0.1) is 0 Å². The Morgan fingerprint density at radius 3 is 2.78 bits per heavy atom. The van der Waals surface area contributed by atoms with Crippen molar-refractivity contribution in [3.63, 3.8) is 0 Å². The molecule has 0 saturated carbocycles. The first kappa shape index (κ1) is 14.5. The van der Waals surface area contributed by atoms with Gasteiger partial charge in [0.1, 0.15) is 0 Å². The molecule has 0 aromatic heterocycles. The van der Waals surface area contributed by atoms with Crippen molar-refractivity contribution in [3.8, 4) is 0 Å². The van der Waals surface area contributed by atoms with Crippen molar-refractivity contribution in [1.29, 1.82) is 0 Å². The second-order valence-electron chi connectivity index (χ2n) is 4.93. The number of carboxylic acids is 1. The van der Waals surface area contributed by atoms with Crippen LogP contribution >= 0.6 is 0 Å². The molecule has 4 nitrogen and oxygen atoms in total. The number of aliphatic carboxylic acids is 1. The van der Waals surface area contributed by atoms with Crippen molar-refractivity contribution >= 4 is 11.7 Å². The van der Waals surface area contributed by atoms with Gasteiger partial charge in [-0.05, 0) is 30.0 Å². The SMILES string of the molecule is CC(C)CC(N)c1cccc(NCCC(=O)O)c1. The van der Waals surface area contributed by atoms with E-state index in [1.807, 2.05) is 24.3 Å². The van der Waals surface area contributed by atoms with Crippen molar-refractivity contribution in [2.24, 2.45) is 11.7 Å². The van der Waals surface area contributed by atoms with Crippen molar-refractivity contribution in [3.05, 3.63) is 29.8 Å². The summed E-state index contributed by atoms with van der Waals surface area (Å²) >= 11 is 0. The largest absolute Gasteiger partial charge is 0.481 e. The lowest BCUT2D eigenvalue weighted by molar-refractivity contribution is -0.136. The summed E-state index contributed by atoms with van der Waals surface area (Å²) in [5.41, 5.74) is 8.13. The third-order valence-corrected chi connectivity index (χ3v) is 2.71. The van der Waals surface area contributed by atoms with E-state index < -0.39 is 5.97 Å². The Hall–Kier alpha value is -1.55. The lowest BCUT2D eigenvalue weighted by Gasteiger charge is -2.15. The van der Waals surface area contributed by atoms with Gasteiger partial charge in [0.15, 0.2) is 0 Å². The summed E-state index contributed by atoms with van der Waals surface area (Å²) < 4.78 is 0. The van der Waals surface area contributed by atoms with E-state index in [1.54, 1.807) is 0 Å². The first-order valence-corrected chi connectivity index (χ1v) is 6.30. The van der Waals surface area contributed by atoms with Crippen LogP contribution in [0.1, 0.15) is 38.3 Å². The highest BCUT2D eigenvalue weighted by Gasteiger charge is 2.08. The minimum Gasteiger partial charge on any atom is -0.481 e. The Bertz CT molecular complexity index is 391. The molecule has 0 heterocycles. The summed E-state index contributed by atoms with van der Waals surface area (Å²) in [4.78, 5) is 10.4. The molecule has 100 valence electrons. The molecule has 0 saturated heterocycles. The summed E-state index contributed by atoms with van der Waals surface area (Å²) in [6.45, 7) is 4.72. The molecule has 0 bridgehead atoms. The first-order chi connectivity index (χ1) is 8.49. The van der Waals surface area contributed by atoms with E-state index >= 15 is 0 Å². The minimum atomic E-state index is -0.796. The molecule has 18 heavy (non-hydrogen) atoms. The summed E-state index contributed by atoms with van der Waals surface area (Å²) in [7, 11) is 0. The average Bonchev–Trinajstić information content (AvgIpc) is 2.28. The summed E-state index contributed by atoms with van der Waals surface area (Å²) in [5, 5.41) is 11.7. The van der Waals surface area contributed by atoms with Gasteiger partial charge in [0, 0.05) is 18.3 Å². The number of hydrogen-bond acceptors (Lipinski definition) is 3. The van der Waals surface area contributed by atoms with Crippen LogP contribution in [0.3, 0.4) is 0 Å². The molecule has 1 aromatic rings. The maximum atomic E-state index is 10.4. The van der Waals surface area contributed by atoms with E-state index in [-0.39, 0.29) is 12.5 Å². The maximum Gasteiger partial charge on any atom is 0.305 e. The standard InChI is InChI=1S/C14H22N2O2/c1-10(2)8-13(15)11-4-3-5-12(9-11)16-7-6-14(17)18/h3-5,9-10,13,16H,6-8,15H2,1-2H3,(H,17,18). The van der Waals surface area contributed by atoms with Gasteiger partial charge in [-0.3, -0.25) is 4.79 Å². The van der Waals surface area contributed by atoms with E-state index in [1.165, 1.54) is 0 Å². The van der Waals surface area contributed by atoms with Crippen LogP contribution in [0.5, 0.6) is 0 Å². The zero-order valence-corrected chi connectivity index (χ0v) is 11.0. The van der Waals surface area contributed by atoms with Crippen LogP contribution in [-0.2, 0) is 4.79 Å². The Morgan fingerprint density at radius 2 is 2.17 bits per heavy atom. The highest BCUT2D eigenvalue weighted by atomic mass is 16.4. The van der Waals surface area contributed by atoms with Gasteiger partial charge in [0.2, 0.25) is 0 Å². The van der Waals surface area contributed by atoms with Gasteiger partial charge in [-0.2, -0.15) is 0 Å². The molecule has 1 unspecified atom stereocenters. The highest BCUT2D eigenvalue weighted by Crippen LogP contribution is 2.21. The molecule has 0 aliphatic rings. The fourth-order valence-electron chi connectivity index (χ4n) is 1.84. The van der Waals surface area contributed by atoms with Crippen LogP contribution in [0, 0.1) is 5.92 Å².